The minimum absolute atomic E-state index is 0.0170. The molecule has 0 saturated carbocycles. The van der Waals surface area contributed by atoms with Crippen LogP contribution >= 0.6 is 0 Å². The first kappa shape index (κ1) is 26.6. The number of aliphatic carboxylic acids is 1. The number of carboxylic acid groups (broad SMARTS) is 1. The number of hydrogen-bond acceptors (Lipinski definition) is 5. The van der Waals surface area contributed by atoms with E-state index in [0.29, 0.717) is 18.7 Å². The zero-order valence-corrected chi connectivity index (χ0v) is 19.0. The summed E-state index contributed by atoms with van der Waals surface area (Å²) in [7, 11) is 0. The monoisotopic (exact) mass is 497 g/mol. The summed E-state index contributed by atoms with van der Waals surface area (Å²) in [6, 6.07) is 9.88. The van der Waals surface area contributed by atoms with E-state index in [4.69, 9.17) is 14.6 Å². The van der Waals surface area contributed by atoms with Crippen LogP contribution in [0.3, 0.4) is 0 Å². The molecular formula is C24H27F4N3O4. The molecule has 1 aromatic carbocycles. The molecule has 0 bridgehead atoms. The van der Waals surface area contributed by atoms with Crippen LogP contribution in [-0.4, -0.2) is 77.3 Å². The molecule has 1 N–H and O–H groups in total. The van der Waals surface area contributed by atoms with Crippen LogP contribution < -0.4 is 0 Å². The molecule has 1 amide bonds. The zero-order chi connectivity index (χ0) is 25.5. The number of rotatable bonds is 3. The Morgan fingerprint density at radius 1 is 1.09 bits per heavy atom. The maximum Gasteiger partial charge on any atom is 0.490 e. The lowest BCUT2D eigenvalue weighted by molar-refractivity contribution is -0.192. The number of likely N-dealkylation sites (tertiary alicyclic amines) is 1. The molecule has 7 nitrogen and oxygen atoms in total. The van der Waals surface area contributed by atoms with Crippen molar-refractivity contribution in [1.29, 1.82) is 0 Å². The molecule has 2 aliphatic heterocycles. The number of carbonyl (C=O) groups is 2. The summed E-state index contributed by atoms with van der Waals surface area (Å²) in [6.07, 6.45) is 0.472. The second-order valence-electron chi connectivity index (χ2n) is 8.73. The van der Waals surface area contributed by atoms with Gasteiger partial charge in [0.25, 0.3) is 5.91 Å². The van der Waals surface area contributed by atoms with E-state index in [2.05, 4.69) is 16.0 Å². The third-order valence-electron chi connectivity index (χ3n) is 6.09. The van der Waals surface area contributed by atoms with Crippen molar-refractivity contribution in [1.82, 2.24) is 14.8 Å². The van der Waals surface area contributed by atoms with Crippen LogP contribution in [0.1, 0.15) is 28.8 Å². The fourth-order valence-electron chi connectivity index (χ4n) is 4.23. The lowest BCUT2D eigenvalue weighted by atomic mass is 9.78. The Balaban J connectivity index is 0.000000429. The van der Waals surface area contributed by atoms with Crippen LogP contribution in [0.2, 0.25) is 0 Å². The Hall–Kier alpha value is -3.05. The molecule has 0 unspecified atom stereocenters. The highest BCUT2D eigenvalue weighted by Gasteiger charge is 2.39. The number of amides is 1. The predicted molar refractivity (Wildman–Crippen MR) is 118 cm³/mol. The van der Waals surface area contributed by atoms with Crippen molar-refractivity contribution in [2.75, 3.05) is 39.4 Å². The molecule has 1 spiro atoms. The van der Waals surface area contributed by atoms with E-state index in [9.17, 15) is 22.4 Å². The van der Waals surface area contributed by atoms with Gasteiger partial charge in [-0.1, -0.05) is 6.07 Å². The van der Waals surface area contributed by atoms with Gasteiger partial charge in [-0.3, -0.25) is 14.7 Å². The van der Waals surface area contributed by atoms with Crippen LogP contribution in [0, 0.1) is 11.2 Å². The molecule has 2 aromatic rings. The van der Waals surface area contributed by atoms with E-state index in [1.165, 1.54) is 17.7 Å². The average molecular weight is 497 g/mol. The number of carbonyl (C=O) groups excluding carboxylic acids is 1. The van der Waals surface area contributed by atoms with Gasteiger partial charge >= 0.3 is 12.1 Å². The third-order valence-corrected chi connectivity index (χ3v) is 6.09. The van der Waals surface area contributed by atoms with E-state index in [0.717, 1.165) is 45.7 Å². The van der Waals surface area contributed by atoms with Crippen molar-refractivity contribution >= 4 is 11.9 Å². The van der Waals surface area contributed by atoms with Gasteiger partial charge in [0, 0.05) is 56.1 Å². The summed E-state index contributed by atoms with van der Waals surface area (Å²) in [6.45, 7) is 5.66. The number of carboxylic acids is 1. The largest absolute Gasteiger partial charge is 0.490 e. The van der Waals surface area contributed by atoms with Crippen LogP contribution in [-0.2, 0) is 16.1 Å². The molecular weight excluding hydrogens is 470 g/mol. The van der Waals surface area contributed by atoms with Gasteiger partial charge in [0.2, 0.25) is 0 Å². The van der Waals surface area contributed by atoms with E-state index < -0.39 is 12.1 Å². The molecule has 2 fully saturated rings. The Labute approximate surface area is 200 Å². The average Bonchev–Trinajstić information content (AvgIpc) is 3.02. The quantitative estimate of drug-likeness (QED) is 0.653. The standard InChI is InChI=1S/C22H26FN3O2.C2HF3O2/c23-20-5-3-19(4-6-20)21(27)26-10-7-22(8-11-26)16-25(12-13-28-17-22)15-18-2-1-9-24-14-18;3-2(4,5)1(6)7/h1-6,9,14H,7-8,10-13,15-17H2;(H,6,7). The van der Waals surface area contributed by atoms with Gasteiger partial charge in [-0.05, 0) is 48.7 Å². The number of piperidine rings is 1. The van der Waals surface area contributed by atoms with Crippen LogP contribution in [0.4, 0.5) is 17.6 Å². The Bertz CT molecular complexity index is 979. The molecule has 35 heavy (non-hydrogen) atoms. The predicted octanol–water partition coefficient (Wildman–Crippen LogP) is 3.61. The highest BCUT2D eigenvalue weighted by molar-refractivity contribution is 5.94. The van der Waals surface area contributed by atoms with Crippen molar-refractivity contribution in [2.24, 2.45) is 5.41 Å². The summed E-state index contributed by atoms with van der Waals surface area (Å²) in [5.74, 6) is -3.09. The number of pyridine rings is 1. The summed E-state index contributed by atoms with van der Waals surface area (Å²) in [5, 5.41) is 7.12. The number of nitrogens with zero attached hydrogens (tertiary/aromatic N) is 3. The van der Waals surface area contributed by atoms with E-state index >= 15 is 0 Å². The molecule has 4 rings (SSSR count). The van der Waals surface area contributed by atoms with Gasteiger partial charge in [-0.2, -0.15) is 13.2 Å². The van der Waals surface area contributed by atoms with E-state index in [1.54, 1.807) is 18.3 Å². The summed E-state index contributed by atoms with van der Waals surface area (Å²) in [5.41, 5.74) is 1.84. The Morgan fingerprint density at radius 2 is 1.74 bits per heavy atom. The van der Waals surface area contributed by atoms with E-state index in [-0.39, 0.29) is 17.1 Å². The summed E-state index contributed by atoms with van der Waals surface area (Å²) in [4.78, 5) is 30.2. The SMILES string of the molecule is O=C(O)C(F)(F)F.O=C(c1ccc(F)cc1)N1CCC2(CC1)COCCN(Cc1cccnc1)C2. The smallest absolute Gasteiger partial charge is 0.475 e. The van der Waals surface area contributed by atoms with E-state index in [1.807, 2.05) is 17.2 Å². The van der Waals surface area contributed by atoms with Crippen molar-refractivity contribution in [3.05, 3.63) is 65.7 Å². The molecule has 2 saturated heterocycles. The van der Waals surface area contributed by atoms with Gasteiger partial charge in [0.15, 0.2) is 0 Å². The number of aromatic nitrogens is 1. The number of alkyl halides is 3. The second-order valence-corrected chi connectivity index (χ2v) is 8.73. The van der Waals surface area contributed by atoms with Gasteiger partial charge in [-0.15, -0.1) is 0 Å². The first-order valence-electron chi connectivity index (χ1n) is 11.1. The molecule has 3 heterocycles. The van der Waals surface area contributed by atoms with Crippen LogP contribution in [0.25, 0.3) is 0 Å². The first-order valence-corrected chi connectivity index (χ1v) is 11.1. The maximum atomic E-state index is 13.1. The molecule has 0 aliphatic carbocycles. The van der Waals surface area contributed by atoms with Gasteiger partial charge in [0.1, 0.15) is 5.82 Å². The Kier molecular flexibility index (Phi) is 8.79. The second kappa shape index (κ2) is 11.6. The molecule has 190 valence electrons. The highest BCUT2D eigenvalue weighted by Crippen LogP contribution is 2.35. The number of ether oxygens (including phenoxy) is 1. The minimum atomic E-state index is -5.08. The third kappa shape index (κ3) is 7.72. The number of benzene rings is 1. The molecule has 1 aromatic heterocycles. The molecule has 11 heteroatoms. The zero-order valence-electron chi connectivity index (χ0n) is 19.0. The summed E-state index contributed by atoms with van der Waals surface area (Å²) >= 11 is 0. The normalized spacial score (nSPS) is 18.3. The lowest BCUT2D eigenvalue weighted by Crippen LogP contribution is -2.48. The maximum absolute atomic E-state index is 13.1. The lowest BCUT2D eigenvalue weighted by Gasteiger charge is -2.42. The van der Waals surface area contributed by atoms with Crippen LogP contribution in [0.5, 0.6) is 0 Å². The summed E-state index contributed by atoms with van der Waals surface area (Å²) < 4.78 is 50.8. The highest BCUT2D eigenvalue weighted by atomic mass is 19.4. The topological polar surface area (TPSA) is 83.0 Å². The van der Waals surface area contributed by atoms with Crippen molar-refractivity contribution in [3.8, 4) is 0 Å². The molecule has 0 radical (unpaired) electrons. The fraction of sp³-hybridized carbons (Fsp3) is 0.458. The van der Waals surface area contributed by atoms with Gasteiger partial charge in [0.05, 0.1) is 13.2 Å². The molecule has 0 atom stereocenters. The van der Waals surface area contributed by atoms with Crippen molar-refractivity contribution in [2.45, 2.75) is 25.6 Å². The molecule has 2 aliphatic rings. The van der Waals surface area contributed by atoms with Crippen molar-refractivity contribution in [3.63, 3.8) is 0 Å². The van der Waals surface area contributed by atoms with Crippen molar-refractivity contribution < 1.29 is 37.0 Å². The number of hydrogen-bond donors (Lipinski definition) is 1. The minimum Gasteiger partial charge on any atom is -0.475 e. The number of halogens is 4. The van der Waals surface area contributed by atoms with Gasteiger partial charge in [-0.25, -0.2) is 9.18 Å². The van der Waals surface area contributed by atoms with Crippen LogP contribution in [0.15, 0.2) is 48.8 Å². The Morgan fingerprint density at radius 3 is 2.31 bits per heavy atom. The van der Waals surface area contributed by atoms with Gasteiger partial charge < -0.3 is 14.7 Å². The first-order chi connectivity index (χ1) is 16.6. The fourth-order valence-corrected chi connectivity index (χ4v) is 4.23.